The third-order valence-electron chi connectivity index (χ3n) is 1.74. The van der Waals surface area contributed by atoms with Crippen molar-refractivity contribution >= 4 is 51.2 Å². The largest absolute Gasteiger partial charge is 0 e. The number of hydrogen-bond donors (Lipinski definition) is 4. The van der Waals surface area contributed by atoms with Crippen LogP contribution in [0.25, 0.3) is 0 Å². The summed E-state index contributed by atoms with van der Waals surface area (Å²) in [6.45, 7) is -1.10. The summed E-state index contributed by atoms with van der Waals surface area (Å²) in [6.07, 6.45) is -2.30. The van der Waals surface area contributed by atoms with Crippen molar-refractivity contribution in [1.82, 2.24) is 0 Å². The van der Waals surface area contributed by atoms with E-state index in [-0.39, 0.29) is 58.4 Å². The minimum absolute atomic E-state index is 0. The third-order valence-corrected chi connectivity index (χ3v) is 1.74. The van der Waals surface area contributed by atoms with E-state index in [9.17, 15) is 19.2 Å². The molecule has 0 aromatic heterocycles. The first-order valence-corrected chi connectivity index (χ1v) is 4.22. The van der Waals surface area contributed by atoms with Crippen molar-refractivity contribution in [3.63, 3.8) is 0 Å². The van der Waals surface area contributed by atoms with Crippen molar-refractivity contribution in [3.05, 3.63) is 0 Å². The van der Waals surface area contributed by atoms with Gasteiger partial charge in [0.05, 0.1) is 12.8 Å². The topological polar surface area (TPSA) is 158 Å². The van der Waals surface area contributed by atoms with Crippen LogP contribution in [-0.2, 0) is 23.9 Å². The van der Waals surface area contributed by atoms with Crippen molar-refractivity contribution in [2.24, 2.45) is 0 Å². The smallest absolute Gasteiger partial charge is 0 e. The molecule has 4 N–H and O–H groups in total. The van der Waals surface area contributed by atoms with Crippen LogP contribution in [0.4, 0.5) is 0 Å². The van der Waals surface area contributed by atoms with Gasteiger partial charge in [-0.25, -0.2) is 9.59 Å². The van der Waals surface area contributed by atoms with E-state index in [4.69, 9.17) is 20.4 Å². The van der Waals surface area contributed by atoms with Crippen molar-refractivity contribution < 1.29 is 75.5 Å². The van der Waals surface area contributed by atoms with Crippen LogP contribution in [0.5, 0.6) is 0 Å². The number of aliphatic carboxylic acids is 4. The average Bonchev–Trinajstić information content (AvgIpc) is 2.11. The van der Waals surface area contributed by atoms with Gasteiger partial charge >= 0.3 is 51.2 Å². The van der Waals surface area contributed by atoms with E-state index in [1.165, 1.54) is 0 Å². The quantitative estimate of drug-likeness (QED) is 0.210. The second kappa shape index (κ2) is 10.6. The van der Waals surface area contributed by atoms with Gasteiger partial charge in [-0.1, -0.05) is 0 Å². The van der Waals surface area contributed by atoms with Gasteiger partial charge in [0, 0.05) is 31.1 Å². The molecule has 0 amide bonds. The Morgan fingerprint density at radius 3 is 1.42 bits per heavy atom. The molecule has 0 atom stereocenters. The molecule has 0 aromatic rings. The molecule has 106 valence electrons. The molecule has 19 heavy (non-hydrogen) atoms. The maximum Gasteiger partial charge on any atom is 0 e. The Hall–Kier alpha value is -0.186. The second-order valence-corrected chi connectivity index (χ2v) is 3.12. The summed E-state index contributed by atoms with van der Waals surface area (Å²) in [5.74, 6) is -6.60. The molecule has 9 nitrogen and oxygen atoms in total. The van der Waals surface area contributed by atoms with Crippen LogP contribution < -0.4 is 0 Å². The molecule has 0 bridgehead atoms. The maximum absolute atomic E-state index is 10.9. The van der Waals surface area contributed by atoms with Crippen LogP contribution in [-0.4, -0.2) is 83.8 Å². The van der Waals surface area contributed by atoms with Crippen LogP contribution in [0, 0.1) is 31.1 Å². The number of carbonyl (C=O) groups is 4. The summed E-state index contributed by atoms with van der Waals surface area (Å²) in [7, 11) is 0. The molecule has 2 radical (unpaired) electrons. The maximum atomic E-state index is 10.9. The van der Waals surface area contributed by atoms with Crippen LogP contribution in [0.2, 0.25) is 0 Å². The van der Waals surface area contributed by atoms with E-state index in [1.807, 2.05) is 0 Å². The van der Waals surface area contributed by atoms with Crippen molar-refractivity contribution in [2.75, 3.05) is 6.61 Å². The molecule has 0 fully saturated rings. The second-order valence-electron chi connectivity index (χ2n) is 3.12. The molecule has 0 heterocycles. The number of carboxylic acids is 4. The summed E-state index contributed by atoms with van der Waals surface area (Å²) in [4.78, 5) is 42.0. The molecule has 11 heteroatoms. The predicted molar refractivity (Wildman–Crippen MR) is 57.0 cm³/mol. The van der Waals surface area contributed by atoms with Crippen LogP contribution in [0.1, 0.15) is 12.8 Å². The van der Waals surface area contributed by atoms with Gasteiger partial charge in [-0.05, 0) is 0 Å². The minimum Gasteiger partial charge on any atom is 0 e. The molecule has 0 spiro atoms. The molecule has 0 rings (SSSR count). The molecule has 0 saturated heterocycles. The van der Waals surface area contributed by atoms with Crippen molar-refractivity contribution in [3.8, 4) is 0 Å². The molecule has 0 aromatic carbocycles. The summed E-state index contributed by atoms with van der Waals surface area (Å²) in [6, 6.07) is 0. The first-order chi connectivity index (χ1) is 7.69. The van der Waals surface area contributed by atoms with Gasteiger partial charge in [0.15, 0.2) is 5.60 Å². The van der Waals surface area contributed by atoms with Gasteiger partial charge in [-0.3, -0.25) is 9.59 Å². The fraction of sp³-hybridized carbons (Fsp3) is 0.500. The number of hydrogen-bond acceptors (Lipinski definition) is 5. The fourth-order valence-electron chi connectivity index (χ4n) is 1.07. The van der Waals surface area contributed by atoms with Gasteiger partial charge < -0.3 is 25.2 Å². The summed E-state index contributed by atoms with van der Waals surface area (Å²) in [5, 5.41) is 34.1. The van der Waals surface area contributed by atoms with E-state index in [1.54, 1.807) is 0 Å². The van der Waals surface area contributed by atoms with E-state index < -0.39 is 48.9 Å². The predicted octanol–water partition coefficient (Wildman–Crippen LogP) is -2.06. The standard InChI is InChI=1S/C8H10O9.Pb.U.2H/c9-4(10)1-8(7(15)16,2-5(11)12)17-3-6(13)14;;;;/h1-3H2,(H,9,10)(H,11,12)(H,13,14)(H,15,16);;;;. The number of carboxylic acid groups (broad SMARTS) is 4. The van der Waals surface area contributed by atoms with Gasteiger partial charge in [-0.2, -0.15) is 0 Å². The number of rotatable bonds is 8. The SMILES string of the molecule is O=C(O)COC(CC(=O)O)(CC(=O)O)C(=O)O.[PbH2].[U]. The molecule has 0 saturated carbocycles. The van der Waals surface area contributed by atoms with Crippen molar-refractivity contribution in [2.45, 2.75) is 18.4 Å². The summed E-state index contributed by atoms with van der Waals surface area (Å²) >= 11 is 0. The Morgan fingerprint density at radius 2 is 1.21 bits per heavy atom. The molecular formula is C8H12O9PbU. The van der Waals surface area contributed by atoms with Gasteiger partial charge in [0.2, 0.25) is 0 Å². The average molecular weight is 697 g/mol. The van der Waals surface area contributed by atoms with E-state index in [0.29, 0.717) is 0 Å². The Bertz CT molecular complexity index is 340. The zero-order valence-corrected chi connectivity index (χ0v) is 19.3. The Balaban J connectivity index is -0.00000128. The van der Waals surface area contributed by atoms with Crippen molar-refractivity contribution in [1.29, 1.82) is 0 Å². The van der Waals surface area contributed by atoms with Crippen LogP contribution in [0.3, 0.4) is 0 Å². The van der Waals surface area contributed by atoms with Gasteiger partial charge in [-0.15, -0.1) is 0 Å². The fourth-order valence-corrected chi connectivity index (χ4v) is 1.07. The molecule has 0 unspecified atom stereocenters. The Kier molecular flexibility index (Phi) is 13.3. The van der Waals surface area contributed by atoms with Gasteiger partial charge in [0.1, 0.15) is 6.61 Å². The van der Waals surface area contributed by atoms with Crippen LogP contribution in [0.15, 0.2) is 0 Å². The Labute approximate surface area is 150 Å². The minimum atomic E-state index is -2.59. The molecular weight excluding hydrogens is 685 g/mol. The normalized spacial score (nSPS) is 9.68. The zero-order chi connectivity index (χ0) is 13.6. The third kappa shape index (κ3) is 9.36. The molecule has 0 aliphatic rings. The molecule has 0 aliphatic heterocycles. The first-order valence-electron chi connectivity index (χ1n) is 4.22. The number of ether oxygens (including phenoxy) is 1. The monoisotopic (exact) mass is 698 g/mol. The van der Waals surface area contributed by atoms with E-state index in [0.717, 1.165) is 0 Å². The van der Waals surface area contributed by atoms with E-state index in [2.05, 4.69) is 4.74 Å². The summed E-state index contributed by atoms with van der Waals surface area (Å²) in [5.41, 5.74) is -2.59. The van der Waals surface area contributed by atoms with Crippen LogP contribution >= 0.6 is 0 Å². The first kappa shape index (κ1) is 23.9. The zero-order valence-electron chi connectivity index (χ0n) is 9.66. The molecule has 0 aliphatic carbocycles. The van der Waals surface area contributed by atoms with Gasteiger partial charge in [0.25, 0.3) is 0 Å². The summed E-state index contributed by atoms with van der Waals surface area (Å²) < 4.78 is 4.41. The Morgan fingerprint density at radius 1 is 0.842 bits per heavy atom. The van der Waals surface area contributed by atoms with E-state index >= 15 is 0 Å².